The van der Waals surface area contributed by atoms with E-state index in [-0.39, 0.29) is 5.15 Å². The Kier molecular flexibility index (Phi) is 3.93. The van der Waals surface area contributed by atoms with Crippen LogP contribution < -0.4 is 5.32 Å². The van der Waals surface area contributed by atoms with E-state index < -0.39 is 11.9 Å². The predicted octanol–water partition coefficient (Wildman–Crippen LogP) is 2.86. The summed E-state index contributed by atoms with van der Waals surface area (Å²) in [5.74, 6) is 0. The lowest BCUT2D eigenvalue weighted by molar-refractivity contribution is -0.141. The number of hydrogen-bond acceptors (Lipinski definition) is 2. The van der Waals surface area contributed by atoms with Gasteiger partial charge in [0.15, 0.2) is 0 Å². The zero-order valence-corrected chi connectivity index (χ0v) is 8.78. The average Bonchev–Trinajstić information content (AvgIpc) is 2.12. The smallest absolute Gasteiger partial charge is 0.313 e. The average molecular weight is 239 g/mol. The molecule has 0 aromatic carbocycles. The van der Waals surface area contributed by atoms with E-state index >= 15 is 0 Å². The minimum Gasteiger partial charge on any atom is -0.313 e. The molecule has 0 unspecified atom stereocenters. The highest BCUT2D eigenvalue weighted by atomic mass is 35.5. The molecule has 84 valence electrons. The molecule has 0 radical (unpaired) electrons. The summed E-state index contributed by atoms with van der Waals surface area (Å²) in [5, 5.41) is 2.78. The van der Waals surface area contributed by atoms with Crippen molar-refractivity contribution in [3.63, 3.8) is 0 Å². The second kappa shape index (κ2) is 4.81. The highest BCUT2D eigenvalue weighted by Gasteiger charge is 2.33. The van der Waals surface area contributed by atoms with Crippen LogP contribution in [0.25, 0.3) is 0 Å². The fourth-order valence-corrected chi connectivity index (χ4v) is 1.30. The quantitative estimate of drug-likeness (QED) is 0.819. The minimum absolute atomic E-state index is 0.141. The first kappa shape index (κ1) is 12.3. The highest BCUT2D eigenvalue weighted by Crippen LogP contribution is 2.29. The van der Waals surface area contributed by atoms with Gasteiger partial charge in [-0.15, -0.1) is 0 Å². The summed E-state index contributed by atoms with van der Waals surface area (Å²) in [6, 6.07) is 2.41. The molecule has 0 aliphatic rings. The van der Waals surface area contributed by atoms with Crippen molar-refractivity contribution < 1.29 is 13.2 Å². The van der Waals surface area contributed by atoms with Gasteiger partial charge in [0.25, 0.3) is 0 Å². The second-order valence-electron chi connectivity index (χ2n) is 2.96. The first-order valence-corrected chi connectivity index (χ1v) is 4.75. The van der Waals surface area contributed by atoms with Crippen molar-refractivity contribution in [2.24, 2.45) is 0 Å². The lowest BCUT2D eigenvalue weighted by Gasteiger charge is -2.08. The van der Waals surface area contributed by atoms with Crippen LogP contribution in [0.4, 0.5) is 13.2 Å². The lowest BCUT2D eigenvalue weighted by atomic mass is 10.2. The topological polar surface area (TPSA) is 24.9 Å². The number of alkyl halides is 3. The van der Waals surface area contributed by atoms with Gasteiger partial charge in [0, 0.05) is 6.54 Å². The summed E-state index contributed by atoms with van der Waals surface area (Å²) in [7, 11) is 0. The molecule has 0 atom stereocenters. The summed E-state index contributed by atoms with van der Waals surface area (Å²) in [6.07, 6.45) is -4.45. The van der Waals surface area contributed by atoms with Crippen molar-refractivity contribution in [3.8, 4) is 0 Å². The SMILES string of the molecule is CCNCc1cc(Cl)nc(C(F)(F)F)c1. The molecule has 1 N–H and O–H groups in total. The Balaban J connectivity index is 2.95. The van der Waals surface area contributed by atoms with E-state index in [9.17, 15) is 13.2 Å². The Morgan fingerprint density at radius 3 is 2.60 bits per heavy atom. The molecule has 0 aliphatic heterocycles. The number of hydrogen-bond donors (Lipinski definition) is 1. The lowest BCUT2D eigenvalue weighted by Crippen LogP contribution is -2.14. The molecular formula is C9H10ClF3N2. The zero-order valence-electron chi connectivity index (χ0n) is 8.03. The van der Waals surface area contributed by atoms with Gasteiger partial charge in [0.05, 0.1) is 0 Å². The van der Waals surface area contributed by atoms with Crippen LogP contribution in [-0.4, -0.2) is 11.5 Å². The maximum absolute atomic E-state index is 12.3. The van der Waals surface area contributed by atoms with Crippen molar-refractivity contribution >= 4 is 11.6 Å². The third-order valence-electron chi connectivity index (χ3n) is 1.72. The molecule has 0 bridgehead atoms. The molecule has 1 aromatic heterocycles. The van der Waals surface area contributed by atoms with Gasteiger partial charge in [-0.3, -0.25) is 0 Å². The molecule has 2 nitrogen and oxygen atoms in total. The first-order valence-electron chi connectivity index (χ1n) is 4.38. The first-order chi connectivity index (χ1) is 6.93. The standard InChI is InChI=1S/C9H10ClF3N2/c1-2-14-5-6-3-7(9(11,12)13)15-8(10)4-6/h3-4,14H,2,5H2,1H3. The van der Waals surface area contributed by atoms with Gasteiger partial charge in [-0.1, -0.05) is 18.5 Å². The van der Waals surface area contributed by atoms with Gasteiger partial charge in [-0.05, 0) is 24.2 Å². The molecular weight excluding hydrogens is 229 g/mol. The summed E-state index contributed by atoms with van der Waals surface area (Å²) in [5.41, 5.74) is -0.480. The van der Waals surface area contributed by atoms with Gasteiger partial charge in [-0.25, -0.2) is 4.98 Å². The molecule has 1 heterocycles. The number of pyridine rings is 1. The second-order valence-corrected chi connectivity index (χ2v) is 3.35. The molecule has 0 fully saturated rings. The van der Waals surface area contributed by atoms with E-state index in [1.807, 2.05) is 6.92 Å². The zero-order chi connectivity index (χ0) is 11.5. The van der Waals surface area contributed by atoms with Gasteiger partial charge >= 0.3 is 6.18 Å². The van der Waals surface area contributed by atoms with E-state index in [1.165, 1.54) is 6.07 Å². The Hall–Kier alpha value is -0.810. The van der Waals surface area contributed by atoms with E-state index in [0.717, 1.165) is 6.07 Å². The molecule has 6 heteroatoms. The predicted molar refractivity (Wildman–Crippen MR) is 51.6 cm³/mol. The largest absolute Gasteiger partial charge is 0.433 e. The molecule has 0 amide bonds. The van der Waals surface area contributed by atoms with Crippen LogP contribution in [0.2, 0.25) is 5.15 Å². The summed E-state index contributed by atoms with van der Waals surface area (Å²) in [6.45, 7) is 2.90. The number of nitrogens with zero attached hydrogens (tertiary/aromatic N) is 1. The van der Waals surface area contributed by atoms with E-state index in [1.54, 1.807) is 0 Å². The monoisotopic (exact) mass is 238 g/mol. The van der Waals surface area contributed by atoms with Crippen LogP contribution in [0.5, 0.6) is 0 Å². The molecule has 0 aliphatic carbocycles. The molecule has 1 rings (SSSR count). The van der Waals surface area contributed by atoms with Crippen LogP contribution >= 0.6 is 11.6 Å². The molecule has 0 saturated heterocycles. The van der Waals surface area contributed by atoms with Gasteiger partial charge in [0.1, 0.15) is 10.8 Å². The maximum Gasteiger partial charge on any atom is 0.433 e. The van der Waals surface area contributed by atoms with E-state index in [0.29, 0.717) is 18.7 Å². The molecule has 0 spiro atoms. The maximum atomic E-state index is 12.3. The van der Waals surface area contributed by atoms with Crippen molar-refractivity contribution in [1.29, 1.82) is 0 Å². The Morgan fingerprint density at radius 2 is 2.07 bits per heavy atom. The Morgan fingerprint density at radius 1 is 1.40 bits per heavy atom. The fraction of sp³-hybridized carbons (Fsp3) is 0.444. The summed E-state index contributed by atoms with van der Waals surface area (Å²) in [4.78, 5) is 3.23. The summed E-state index contributed by atoms with van der Waals surface area (Å²) >= 11 is 5.50. The van der Waals surface area contributed by atoms with Crippen LogP contribution in [0.15, 0.2) is 12.1 Å². The normalized spacial score (nSPS) is 11.8. The third-order valence-corrected chi connectivity index (χ3v) is 1.92. The Labute approximate surface area is 90.5 Å². The van der Waals surface area contributed by atoms with Gasteiger partial charge < -0.3 is 5.32 Å². The number of rotatable bonds is 3. The molecule has 15 heavy (non-hydrogen) atoms. The van der Waals surface area contributed by atoms with Crippen LogP contribution in [0.1, 0.15) is 18.2 Å². The van der Waals surface area contributed by atoms with Crippen molar-refractivity contribution in [2.75, 3.05) is 6.54 Å². The van der Waals surface area contributed by atoms with Crippen LogP contribution in [0, 0.1) is 0 Å². The minimum atomic E-state index is -4.45. The number of nitrogens with one attached hydrogen (secondary N) is 1. The van der Waals surface area contributed by atoms with E-state index in [2.05, 4.69) is 10.3 Å². The summed E-state index contributed by atoms with van der Waals surface area (Å²) < 4.78 is 37.0. The van der Waals surface area contributed by atoms with Crippen LogP contribution in [-0.2, 0) is 12.7 Å². The van der Waals surface area contributed by atoms with Crippen molar-refractivity contribution in [3.05, 3.63) is 28.5 Å². The van der Waals surface area contributed by atoms with Crippen molar-refractivity contribution in [2.45, 2.75) is 19.6 Å². The van der Waals surface area contributed by atoms with E-state index in [4.69, 9.17) is 11.6 Å². The third kappa shape index (κ3) is 3.68. The van der Waals surface area contributed by atoms with Crippen LogP contribution in [0.3, 0.4) is 0 Å². The molecule has 1 aromatic rings. The number of halogens is 4. The fourth-order valence-electron chi connectivity index (χ4n) is 1.07. The van der Waals surface area contributed by atoms with Crippen molar-refractivity contribution in [1.82, 2.24) is 10.3 Å². The number of aromatic nitrogens is 1. The van der Waals surface area contributed by atoms with Gasteiger partial charge in [-0.2, -0.15) is 13.2 Å². The molecule has 0 saturated carbocycles. The Bertz CT molecular complexity index is 339. The highest BCUT2D eigenvalue weighted by molar-refractivity contribution is 6.29. The van der Waals surface area contributed by atoms with Gasteiger partial charge in [0.2, 0.25) is 0 Å².